The van der Waals surface area contributed by atoms with Gasteiger partial charge in [0.1, 0.15) is 0 Å². The molecule has 0 saturated carbocycles. The number of carbonyl (C=O) groups is 1. The molecule has 1 unspecified atom stereocenters. The number of amides is 1. The summed E-state index contributed by atoms with van der Waals surface area (Å²) in [6.07, 6.45) is 4.88. The van der Waals surface area contributed by atoms with Crippen LogP contribution in [0.4, 0.5) is 5.69 Å². The molecule has 0 spiro atoms. The highest BCUT2D eigenvalue weighted by molar-refractivity contribution is 5.92. The number of anilines is 1. The van der Waals surface area contributed by atoms with Gasteiger partial charge in [-0.15, -0.1) is 0 Å². The number of rotatable bonds is 5. The molecular formula is C18H28N2O. The monoisotopic (exact) mass is 288 g/mol. The van der Waals surface area contributed by atoms with Gasteiger partial charge in [-0.25, -0.2) is 0 Å². The number of hydrogen-bond acceptors (Lipinski definition) is 2. The van der Waals surface area contributed by atoms with Gasteiger partial charge in [-0.2, -0.15) is 0 Å². The first-order chi connectivity index (χ1) is 10.1. The second-order valence-electron chi connectivity index (χ2n) is 6.35. The van der Waals surface area contributed by atoms with Crippen LogP contribution in [0.1, 0.15) is 57.9 Å². The van der Waals surface area contributed by atoms with E-state index in [1.165, 1.54) is 24.8 Å². The Kier molecular flexibility index (Phi) is 5.80. The van der Waals surface area contributed by atoms with Crippen molar-refractivity contribution in [2.75, 3.05) is 18.4 Å². The molecule has 1 aromatic rings. The van der Waals surface area contributed by atoms with Crippen molar-refractivity contribution in [1.82, 2.24) is 4.90 Å². The van der Waals surface area contributed by atoms with Gasteiger partial charge < -0.3 is 5.32 Å². The van der Waals surface area contributed by atoms with E-state index in [-0.39, 0.29) is 5.91 Å². The van der Waals surface area contributed by atoms with Crippen LogP contribution in [-0.4, -0.2) is 29.9 Å². The van der Waals surface area contributed by atoms with E-state index in [0.29, 0.717) is 18.5 Å². The van der Waals surface area contributed by atoms with Crippen LogP contribution in [0.25, 0.3) is 0 Å². The number of piperidine rings is 1. The lowest BCUT2D eigenvalue weighted by molar-refractivity contribution is -0.118. The zero-order valence-corrected chi connectivity index (χ0v) is 13.6. The summed E-state index contributed by atoms with van der Waals surface area (Å²) in [5.41, 5.74) is 2.20. The van der Waals surface area contributed by atoms with Crippen LogP contribution < -0.4 is 5.32 Å². The van der Waals surface area contributed by atoms with Crippen molar-refractivity contribution in [2.45, 2.75) is 58.4 Å². The van der Waals surface area contributed by atoms with Crippen molar-refractivity contribution in [3.8, 4) is 0 Å². The van der Waals surface area contributed by atoms with E-state index in [0.717, 1.165) is 18.7 Å². The number of hydrogen-bond donors (Lipinski definition) is 1. The Bertz CT molecular complexity index is 453. The molecule has 0 aliphatic carbocycles. The molecule has 1 N–H and O–H groups in total. The zero-order chi connectivity index (χ0) is 15.2. The summed E-state index contributed by atoms with van der Waals surface area (Å²) in [6.45, 7) is 8.14. The zero-order valence-electron chi connectivity index (χ0n) is 13.6. The molecule has 0 radical (unpaired) electrons. The molecule has 2 rings (SSSR count). The van der Waals surface area contributed by atoms with E-state index >= 15 is 0 Å². The average Bonchev–Trinajstić information content (AvgIpc) is 2.48. The number of likely N-dealkylation sites (tertiary alicyclic amines) is 1. The fourth-order valence-corrected chi connectivity index (χ4v) is 3.07. The minimum absolute atomic E-state index is 0.104. The van der Waals surface area contributed by atoms with Crippen molar-refractivity contribution >= 4 is 11.6 Å². The van der Waals surface area contributed by atoms with E-state index in [2.05, 4.69) is 43.1 Å². The minimum atomic E-state index is 0.104. The molecule has 3 heteroatoms. The fraction of sp³-hybridized carbons (Fsp3) is 0.611. The Morgan fingerprint density at radius 2 is 2.00 bits per heavy atom. The summed E-state index contributed by atoms with van der Waals surface area (Å²) in [6, 6.07) is 8.76. The molecule has 1 aliphatic heterocycles. The number of nitrogens with one attached hydrogen (secondary N) is 1. The highest BCUT2D eigenvalue weighted by atomic mass is 16.2. The summed E-state index contributed by atoms with van der Waals surface area (Å²) >= 11 is 0. The first-order valence-electron chi connectivity index (χ1n) is 8.24. The van der Waals surface area contributed by atoms with Gasteiger partial charge in [-0.05, 0) is 49.4 Å². The second kappa shape index (κ2) is 7.60. The molecule has 1 amide bonds. The van der Waals surface area contributed by atoms with Gasteiger partial charge >= 0.3 is 0 Å². The predicted molar refractivity (Wildman–Crippen MR) is 88.7 cm³/mol. The maximum absolute atomic E-state index is 12.2. The normalized spacial score (nSPS) is 19.7. The lowest BCUT2D eigenvalue weighted by Crippen LogP contribution is -2.43. The Morgan fingerprint density at radius 3 is 2.62 bits per heavy atom. The quantitative estimate of drug-likeness (QED) is 0.887. The summed E-state index contributed by atoms with van der Waals surface area (Å²) in [7, 11) is 0. The molecule has 0 aromatic heterocycles. The summed E-state index contributed by atoms with van der Waals surface area (Å²) in [5, 5.41) is 3.02. The largest absolute Gasteiger partial charge is 0.325 e. The van der Waals surface area contributed by atoms with Crippen molar-refractivity contribution in [3.63, 3.8) is 0 Å². The van der Waals surface area contributed by atoms with Gasteiger partial charge in [-0.3, -0.25) is 9.69 Å². The third-order valence-corrected chi connectivity index (χ3v) is 4.43. The SMILES string of the molecule is CCC1CCCCN1CC(=O)Nc1ccc(C(C)C)cc1. The highest BCUT2D eigenvalue weighted by Crippen LogP contribution is 2.20. The lowest BCUT2D eigenvalue weighted by atomic mass is 10.00. The molecule has 1 aromatic carbocycles. The Balaban J connectivity index is 1.88. The van der Waals surface area contributed by atoms with E-state index in [1.807, 2.05) is 12.1 Å². The third kappa shape index (κ3) is 4.57. The molecule has 1 saturated heterocycles. The summed E-state index contributed by atoms with van der Waals surface area (Å²) in [4.78, 5) is 14.5. The van der Waals surface area contributed by atoms with Crippen molar-refractivity contribution in [3.05, 3.63) is 29.8 Å². The Hall–Kier alpha value is -1.35. The number of carbonyl (C=O) groups excluding carboxylic acids is 1. The van der Waals surface area contributed by atoms with Crippen molar-refractivity contribution < 1.29 is 4.79 Å². The second-order valence-corrected chi connectivity index (χ2v) is 6.35. The third-order valence-electron chi connectivity index (χ3n) is 4.43. The van der Waals surface area contributed by atoms with Crippen LogP contribution in [0.15, 0.2) is 24.3 Å². The molecule has 1 atom stereocenters. The lowest BCUT2D eigenvalue weighted by Gasteiger charge is -2.34. The first kappa shape index (κ1) is 16.0. The van der Waals surface area contributed by atoms with E-state index in [4.69, 9.17) is 0 Å². The maximum atomic E-state index is 12.2. The van der Waals surface area contributed by atoms with Gasteiger partial charge in [0.25, 0.3) is 0 Å². The Labute approximate surface area is 128 Å². The smallest absolute Gasteiger partial charge is 0.238 e. The standard InChI is InChI=1S/C18H28N2O/c1-4-17-7-5-6-12-20(17)13-18(21)19-16-10-8-15(9-11-16)14(2)3/h8-11,14,17H,4-7,12-13H2,1-3H3,(H,19,21). The van der Waals surface area contributed by atoms with E-state index < -0.39 is 0 Å². The fourth-order valence-electron chi connectivity index (χ4n) is 3.07. The molecule has 3 nitrogen and oxygen atoms in total. The number of nitrogens with zero attached hydrogens (tertiary/aromatic N) is 1. The average molecular weight is 288 g/mol. The molecule has 21 heavy (non-hydrogen) atoms. The van der Waals surface area contributed by atoms with E-state index in [9.17, 15) is 4.79 Å². The van der Waals surface area contributed by atoms with Crippen LogP contribution in [0.2, 0.25) is 0 Å². The summed E-state index contributed by atoms with van der Waals surface area (Å²) < 4.78 is 0. The Morgan fingerprint density at radius 1 is 1.29 bits per heavy atom. The maximum Gasteiger partial charge on any atom is 0.238 e. The molecular weight excluding hydrogens is 260 g/mol. The predicted octanol–water partition coefficient (Wildman–Crippen LogP) is 4.01. The van der Waals surface area contributed by atoms with Crippen LogP contribution in [0, 0.1) is 0 Å². The molecule has 1 heterocycles. The highest BCUT2D eigenvalue weighted by Gasteiger charge is 2.22. The molecule has 0 bridgehead atoms. The van der Waals surface area contributed by atoms with Crippen molar-refractivity contribution in [2.24, 2.45) is 0 Å². The van der Waals surface area contributed by atoms with Crippen LogP contribution >= 0.6 is 0 Å². The van der Waals surface area contributed by atoms with Gasteiger partial charge in [0.05, 0.1) is 6.54 Å². The van der Waals surface area contributed by atoms with Crippen LogP contribution in [0.5, 0.6) is 0 Å². The van der Waals surface area contributed by atoms with Gasteiger partial charge in [0, 0.05) is 11.7 Å². The summed E-state index contributed by atoms with van der Waals surface area (Å²) in [5.74, 6) is 0.626. The van der Waals surface area contributed by atoms with E-state index in [1.54, 1.807) is 0 Å². The molecule has 116 valence electrons. The van der Waals surface area contributed by atoms with Gasteiger partial charge in [0.15, 0.2) is 0 Å². The minimum Gasteiger partial charge on any atom is -0.325 e. The number of benzene rings is 1. The van der Waals surface area contributed by atoms with Gasteiger partial charge in [0.2, 0.25) is 5.91 Å². The molecule has 1 fully saturated rings. The van der Waals surface area contributed by atoms with Crippen LogP contribution in [-0.2, 0) is 4.79 Å². The topological polar surface area (TPSA) is 32.3 Å². The van der Waals surface area contributed by atoms with Crippen molar-refractivity contribution in [1.29, 1.82) is 0 Å². The first-order valence-corrected chi connectivity index (χ1v) is 8.24. The molecule has 1 aliphatic rings. The van der Waals surface area contributed by atoms with Crippen LogP contribution in [0.3, 0.4) is 0 Å². The van der Waals surface area contributed by atoms with Gasteiger partial charge in [-0.1, -0.05) is 39.3 Å².